The molecule has 0 aromatic rings. The van der Waals surface area contributed by atoms with E-state index in [0.717, 1.165) is 5.79 Å². The van der Waals surface area contributed by atoms with E-state index in [1.807, 2.05) is 0 Å². The van der Waals surface area contributed by atoms with Crippen molar-refractivity contribution in [2.45, 2.75) is 57.9 Å². The van der Waals surface area contributed by atoms with E-state index in [9.17, 15) is 0 Å². The highest BCUT2D eigenvalue weighted by Crippen LogP contribution is 2.10. The van der Waals surface area contributed by atoms with Crippen LogP contribution in [-0.4, -0.2) is 39.1 Å². The molecule has 90 valence electrons. The van der Waals surface area contributed by atoms with Crippen molar-refractivity contribution in [3.8, 4) is 0 Å². The molecule has 0 saturated carbocycles. The summed E-state index contributed by atoms with van der Waals surface area (Å²) in [6, 6.07) is 0. The Balaban J connectivity index is 2.23. The summed E-state index contributed by atoms with van der Waals surface area (Å²) in [4.78, 5) is 2.70. The Morgan fingerprint density at radius 1 is 1.27 bits per heavy atom. The Hall–Kier alpha value is 0.137. The SMILES string of the molecule is CCCCCCN1CCCNC1[SiH](C)C. The lowest BCUT2D eigenvalue weighted by Gasteiger charge is -2.38. The molecular weight excluding hydrogens is 200 g/mol. The molecule has 1 N–H and O–H groups in total. The van der Waals surface area contributed by atoms with Gasteiger partial charge >= 0.3 is 0 Å². The molecule has 3 heteroatoms. The highest BCUT2D eigenvalue weighted by Gasteiger charge is 2.24. The molecule has 1 atom stereocenters. The molecule has 1 aliphatic rings. The number of rotatable bonds is 6. The Morgan fingerprint density at radius 3 is 2.73 bits per heavy atom. The summed E-state index contributed by atoms with van der Waals surface area (Å²) in [5.41, 5.74) is 0. The van der Waals surface area contributed by atoms with Crippen molar-refractivity contribution in [2.24, 2.45) is 0 Å². The maximum Gasteiger partial charge on any atom is 0.0689 e. The number of nitrogens with zero attached hydrogens (tertiary/aromatic N) is 1. The van der Waals surface area contributed by atoms with E-state index in [1.54, 1.807) is 0 Å². The van der Waals surface area contributed by atoms with E-state index in [2.05, 4.69) is 30.2 Å². The van der Waals surface area contributed by atoms with Crippen molar-refractivity contribution in [2.75, 3.05) is 19.6 Å². The van der Waals surface area contributed by atoms with Crippen molar-refractivity contribution >= 4 is 8.80 Å². The largest absolute Gasteiger partial charge is 0.305 e. The first-order valence-corrected chi connectivity index (χ1v) is 9.70. The highest BCUT2D eigenvalue weighted by atomic mass is 28.3. The maximum atomic E-state index is 3.70. The second-order valence-corrected chi connectivity index (χ2v) is 8.21. The van der Waals surface area contributed by atoms with Crippen molar-refractivity contribution in [3.05, 3.63) is 0 Å². The molecule has 1 fully saturated rings. The average molecular weight is 228 g/mol. The van der Waals surface area contributed by atoms with Crippen LogP contribution in [0.3, 0.4) is 0 Å². The van der Waals surface area contributed by atoms with Crippen molar-refractivity contribution in [1.82, 2.24) is 10.2 Å². The first kappa shape index (κ1) is 13.2. The molecule has 0 aromatic heterocycles. The molecule has 1 saturated heterocycles. The standard InChI is InChI=1S/C12H28N2Si/c1-4-5-6-7-10-14-11-8-9-13-12(14)15(2)3/h12-13,15H,4-11H2,1-3H3. The smallest absolute Gasteiger partial charge is 0.0689 e. The summed E-state index contributed by atoms with van der Waals surface area (Å²) in [6.07, 6.45) is 6.91. The van der Waals surface area contributed by atoms with Crippen molar-refractivity contribution in [3.63, 3.8) is 0 Å². The molecule has 1 rings (SSSR count). The third-order valence-electron chi connectivity index (χ3n) is 3.30. The molecule has 0 amide bonds. The summed E-state index contributed by atoms with van der Waals surface area (Å²) in [5.74, 6) is 0.764. The Morgan fingerprint density at radius 2 is 2.07 bits per heavy atom. The van der Waals surface area contributed by atoms with Gasteiger partial charge in [0, 0.05) is 12.3 Å². The predicted octanol–water partition coefficient (Wildman–Crippen LogP) is 2.21. The summed E-state index contributed by atoms with van der Waals surface area (Å²) >= 11 is 0. The van der Waals surface area contributed by atoms with E-state index < -0.39 is 8.80 Å². The number of hydrogen-bond acceptors (Lipinski definition) is 2. The first-order chi connectivity index (χ1) is 7.25. The molecule has 0 aromatic carbocycles. The fourth-order valence-corrected chi connectivity index (χ4v) is 4.23. The lowest BCUT2D eigenvalue weighted by Crippen LogP contribution is -2.57. The fraction of sp³-hybridized carbons (Fsp3) is 1.00. The summed E-state index contributed by atoms with van der Waals surface area (Å²) < 4.78 is 0. The Bertz CT molecular complexity index is 162. The van der Waals surface area contributed by atoms with Crippen LogP contribution in [-0.2, 0) is 0 Å². The third-order valence-corrected chi connectivity index (χ3v) is 5.22. The van der Waals surface area contributed by atoms with Crippen molar-refractivity contribution < 1.29 is 0 Å². The molecule has 15 heavy (non-hydrogen) atoms. The maximum absolute atomic E-state index is 3.70. The lowest BCUT2D eigenvalue weighted by molar-refractivity contribution is 0.178. The fourth-order valence-electron chi connectivity index (χ4n) is 2.45. The normalized spacial score (nSPS) is 23.6. The topological polar surface area (TPSA) is 15.3 Å². The number of nitrogens with one attached hydrogen (secondary N) is 1. The van der Waals surface area contributed by atoms with Gasteiger partial charge in [0.2, 0.25) is 0 Å². The van der Waals surface area contributed by atoms with Crippen LogP contribution in [0.15, 0.2) is 0 Å². The minimum Gasteiger partial charge on any atom is -0.305 e. The van der Waals surface area contributed by atoms with Gasteiger partial charge in [-0.3, -0.25) is 4.90 Å². The zero-order valence-electron chi connectivity index (χ0n) is 10.8. The molecule has 1 aliphatic heterocycles. The van der Waals surface area contributed by atoms with Gasteiger partial charge in [-0.1, -0.05) is 39.3 Å². The zero-order chi connectivity index (χ0) is 11.1. The van der Waals surface area contributed by atoms with Gasteiger partial charge in [0.05, 0.1) is 8.80 Å². The van der Waals surface area contributed by atoms with Gasteiger partial charge in [-0.15, -0.1) is 0 Å². The zero-order valence-corrected chi connectivity index (χ0v) is 11.9. The highest BCUT2D eigenvalue weighted by molar-refractivity contribution is 6.57. The Labute approximate surface area is 97.0 Å². The van der Waals surface area contributed by atoms with Gasteiger partial charge in [-0.05, 0) is 25.9 Å². The van der Waals surface area contributed by atoms with E-state index in [4.69, 9.17) is 0 Å². The molecule has 1 unspecified atom stereocenters. The predicted molar refractivity (Wildman–Crippen MR) is 71.0 cm³/mol. The molecule has 0 spiro atoms. The van der Waals surface area contributed by atoms with E-state index >= 15 is 0 Å². The number of hydrogen-bond donors (Lipinski definition) is 1. The van der Waals surface area contributed by atoms with Crippen LogP contribution in [0.1, 0.15) is 39.0 Å². The van der Waals surface area contributed by atoms with Gasteiger partial charge < -0.3 is 5.32 Å². The monoisotopic (exact) mass is 228 g/mol. The minimum atomic E-state index is -0.554. The molecule has 0 bridgehead atoms. The van der Waals surface area contributed by atoms with Gasteiger partial charge in [0.1, 0.15) is 0 Å². The van der Waals surface area contributed by atoms with Crippen molar-refractivity contribution in [1.29, 1.82) is 0 Å². The minimum absolute atomic E-state index is 0.554. The van der Waals surface area contributed by atoms with Gasteiger partial charge in [0.15, 0.2) is 0 Å². The lowest BCUT2D eigenvalue weighted by atomic mass is 10.2. The summed E-state index contributed by atoms with van der Waals surface area (Å²) in [5, 5.41) is 3.70. The van der Waals surface area contributed by atoms with Crippen LogP contribution in [0.4, 0.5) is 0 Å². The van der Waals surface area contributed by atoms with Crippen LogP contribution in [0.5, 0.6) is 0 Å². The van der Waals surface area contributed by atoms with E-state index in [0.29, 0.717) is 0 Å². The second-order valence-electron chi connectivity index (χ2n) is 5.09. The van der Waals surface area contributed by atoms with E-state index in [1.165, 1.54) is 51.7 Å². The van der Waals surface area contributed by atoms with E-state index in [-0.39, 0.29) is 0 Å². The quantitative estimate of drug-likeness (QED) is 0.554. The molecule has 1 heterocycles. The molecule has 0 radical (unpaired) electrons. The van der Waals surface area contributed by atoms with Crippen LogP contribution < -0.4 is 5.32 Å². The van der Waals surface area contributed by atoms with Crippen LogP contribution in [0.2, 0.25) is 13.1 Å². The van der Waals surface area contributed by atoms with Gasteiger partial charge in [-0.2, -0.15) is 0 Å². The molecular formula is C12H28N2Si. The Kier molecular flexibility index (Phi) is 6.53. The molecule has 2 nitrogen and oxygen atoms in total. The van der Waals surface area contributed by atoms with Gasteiger partial charge in [0.25, 0.3) is 0 Å². The second kappa shape index (κ2) is 7.42. The first-order valence-electron chi connectivity index (χ1n) is 6.73. The van der Waals surface area contributed by atoms with Crippen LogP contribution >= 0.6 is 0 Å². The van der Waals surface area contributed by atoms with Crippen LogP contribution in [0.25, 0.3) is 0 Å². The summed E-state index contributed by atoms with van der Waals surface area (Å²) in [6.45, 7) is 11.1. The van der Waals surface area contributed by atoms with Gasteiger partial charge in [-0.25, -0.2) is 0 Å². The third kappa shape index (κ3) is 4.66. The number of unbranched alkanes of at least 4 members (excludes halogenated alkanes) is 3. The average Bonchev–Trinajstić information content (AvgIpc) is 2.25. The summed E-state index contributed by atoms with van der Waals surface area (Å²) in [7, 11) is -0.554. The molecule has 0 aliphatic carbocycles. The van der Waals surface area contributed by atoms with Crippen LogP contribution in [0, 0.1) is 0 Å².